The van der Waals surface area contributed by atoms with Crippen molar-refractivity contribution in [2.75, 3.05) is 43.4 Å². The van der Waals surface area contributed by atoms with Crippen LogP contribution in [-0.4, -0.2) is 75.5 Å². The number of rotatable bonds is 9. The lowest BCUT2D eigenvalue weighted by Crippen LogP contribution is -2.47. The summed E-state index contributed by atoms with van der Waals surface area (Å²) in [6, 6.07) is 20.8. The van der Waals surface area contributed by atoms with Gasteiger partial charge in [-0.05, 0) is 29.3 Å². The van der Waals surface area contributed by atoms with E-state index in [0.29, 0.717) is 17.4 Å². The Morgan fingerprint density at radius 2 is 1.43 bits per heavy atom. The number of hydrogen-bond donors (Lipinski definition) is 2. The minimum Gasteiger partial charge on any atom is -0.478 e. The molecule has 2 aromatic carbocycles. The largest absolute Gasteiger partial charge is 0.478 e. The van der Waals surface area contributed by atoms with E-state index < -0.39 is 11.9 Å². The summed E-state index contributed by atoms with van der Waals surface area (Å²) < 4.78 is 0. The molecule has 0 radical (unpaired) electrons. The molecular weight excluding hydrogens is 512 g/mol. The highest BCUT2D eigenvalue weighted by Gasteiger charge is 2.20. The van der Waals surface area contributed by atoms with Crippen LogP contribution in [0.15, 0.2) is 85.2 Å². The summed E-state index contributed by atoms with van der Waals surface area (Å²) >= 11 is 8.10. The van der Waals surface area contributed by atoms with Crippen LogP contribution < -0.4 is 4.90 Å². The monoisotopic (exact) mass is 540 g/mol. The first-order valence-corrected chi connectivity index (χ1v) is 13.2. The first-order valence-electron chi connectivity index (χ1n) is 11.7. The van der Waals surface area contributed by atoms with Gasteiger partial charge in [-0.25, -0.2) is 19.6 Å². The van der Waals surface area contributed by atoms with Gasteiger partial charge in [0.15, 0.2) is 0 Å². The summed E-state index contributed by atoms with van der Waals surface area (Å²) in [5.74, 6) is -0.586. The summed E-state index contributed by atoms with van der Waals surface area (Å²) in [4.78, 5) is 32.7. The number of aliphatic carboxylic acids is 2. The van der Waals surface area contributed by atoms with Gasteiger partial charge in [0.2, 0.25) is 5.95 Å². The fraction of sp³-hybridized carbons (Fsp3) is 0.259. The van der Waals surface area contributed by atoms with Crippen molar-refractivity contribution in [3.63, 3.8) is 0 Å². The quantitative estimate of drug-likeness (QED) is 0.380. The van der Waals surface area contributed by atoms with E-state index in [0.717, 1.165) is 49.4 Å². The second kappa shape index (κ2) is 15.0. The topological polar surface area (TPSA) is 107 Å². The fourth-order valence-electron chi connectivity index (χ4n) is 3.72. The Balaban J connectivity index is 0.000000414. The average Bonchev–Trinajstić information content (AvgIpc) is 2.92. The third-order valence-corrected chi connectivity index (χ3v) is 7.09. The number of carboxylic acids is 2. The van der Waals surface area contributed by atoms with E-state index in [1.165, 1.54) is 11.1 Å². The SMILES string of the molecule is Clc1ccc(C(SCCN2CCN(c3ncccn3)CC2)c2ccccc2)cc1.O=C(O)/C=C\C(=O)O. The first kappa shape index (κ1) is 28.2. The standard InChI is InChI=1S/C23H25ClN4S.C4H4O4/c24-21-9-7-20(8-10-21)22(19-5-2-1-3-6-19)29-18-17-27-13-15-28(16-14-27)23-25-11-4-12-26-23;5-3(6)1-2-4(7)8/h1-12,22H,13-18H2;1-2H,(H,5,6)(H,7,8)/b;2-1-. The van der Waals surface area contributed by atoms with Crippen LogP contribution in [0.5, 0.6) is 0 Å². The Kier molecular flexibility index (Phi) is 11.4. The molecule has 37 heavy (non-hydrogen) atoms. The smallest absolute Gasteiger partial charge is 0.328 e. The van der Waals surface area contributed by atoms with Gasteiger partial charge >= 0.3 is 11.9 Å². The van der Waals surface area contributed by atoms with Crippen LogP contribution in [0, 0.1) is 0 Å². The maximum absolute atomic E-state index is 9.55. The molecular formula is C27H29ClN4O4S. The zero-order valence-corrected chi connectivity index (χ0v) is 21.8. The molecule has 8 nitrogen and oxygen atoms in total. The molecule has 2 N–H and O–H groups in total. The Labute approximate surface area is 225 Å². The number of benzene rings is 2. The van der Waals surface area contributed by atoms with E-state index in [1.54, 1.807) is 0 Å². The minimum atomic E-state index is -1.26. The van der Waals surface area contributed by atoms with E-state index >= 15 is 0 Å². The molecule has 194 valence electrons. The maximum atomic E-state index is 9.55. The molecule has 1 fully saturated rings. The number of carbonyl (C=O) groups is 2. The number of thioether (sulfide) groups is 1. The highest BCUT2D eigenvalue weighted by atomic mass is 35.5. The molecule has 0 amide bonds. The van der Waals surface area contributed by atoms with Crippen molar-refractivity contribution in [2.45, 2.75) is 5.25 Å². The van der Waals surface area contributed by atoms with Crippen LogP contribution >= 0.6 is 23.4 Å². The van der Waals surface area contributed by atoms with Gasteiger partial charge in [-0.15, -0.1) is 11.8 Å². The molecule has 1 saturated heterocycles. The third kappa shape index (κ3) is 9.87. The van der Waals surface area contributed by atoms with Crippen LogP contribution in [0.1, 0.15) is 16.4 Å². The van der Waals surface area contributed by atoms with Crippen molar-refractivity contribution >= 4 is 41.2 Å². The molecule has 1 atom stereocenters. The first-order chi connectivity index (χ1) is 17.9. The summed E-state index contributed by atoms with van der Waals surface area (Å²) in [6.45, 7) is 5.15. The second-order valence-corrected chi connectivity index (χ2v) is 9.75. The zero-order valence-electron chi connectivity index (χ0n) is 20.2. The zero-order chi connectivity index (χ0) is 26.5. The van der Waals surface area contributed by atoms with Crippen molar-refractivity contribution in [3.8, 4) is 0 Å². The summed E-state index contributed by atoms with van der Waals surface area (Å²) in [6.07, 6.45) is 4.74. The Bertz CT molecular complexity index is 1130. The summed E-state index contributed by atoms with van der Waals surface area (Å²) in [5.41, 5.74) is 2.64. The number of carboxylic acid groups (broad SMARTS) is 2. The third-order valence-electron chi connectivity index (χ3n) is 5.54. The van der Waals surface area contributed by atoms with Crippen molar-refractivity contribution in [2.24, 2.45) is 0 Å². The molecule has 0 spiro atoms. The van der Waals surface area contributed by atoms with Gasteiger partial charge in [0.25, 0.3) is 0 Å². The molecule has 1 aliphatic rings. The van der Waals surface area contributed by atoms with Crippen LogP contribution in [0.4, 0.5) is 5.95 Å². The van der Waals surface area contributed by atoms with E-state index in [1.807, 2.05) is 42.4 Å². The Hall–Kier alpha value is -3.40. The van der Waals surface area contributed by atoms with Gasteiger partial charge in [-0.3, -0.25) is 4.90 Å². The Morgan fingerprint density at radius 3 is 2.00 bits per heavy atom. The van der Waals surface area contributed by atoms with Crippen LogP contribution in [0.25, 0.3) is 0 Å². The second-order valence-electron chi connectivity index (χ2n) is 8.10. The van der Waals surface area contributed by atoms with E-state index in [9.17, 15) is 9.59 Å². The van der Waals surface area contributed by atoms with Crippen molar-refractivity contribution in [1.29, 1.82) is 0 Å². The number of aromatic nitrogens is 2. The average molecular weight is 541 g/mol. The highest BCUT2D eigenvalue weighted by Crippen LogP contribution is 2.36. The molecule has 10 heteroatoms. The number of piperazine rings is 1. The maximum Gasteiger partial charge on any atom is 0.328 e. The molecule has 1 aromatic heterocycles. The number of anilines is 1. The van der Waals surface area contributed by atoms with Crippen LogP contribution in [0.2, 0.25) is 5.02 Å². The lowest BCUT2D eigenvalue weighted by atomic mass is 10.0. The number of nitrogens with zero attached hydrogens (tertiary/aromatic N) is 4. The van der Waals surface area contributed by atoms with E-state index in [-0.39, 0.29) is 0 Å². The lowest BCUT2D eigenvalue weighted by Gasteiger charge is -2.34. The number of hydrogen-bond acceptors (Lipinski definition) is 7. The van der Waals surface area contributed by atoms with Crippen molar-refractivity contribution in [1.82, 2.24) is 14.9 Å². The van der Waals surface area contributed by atoms with Gasteiger partial charge < -0.3 is 15.1 Å². The van der Waals surface area contributed by atoms with Crippen molar-refractivity contribution < 1.29 is 19.8 Å². The molecule has 1 aliphatic heterocycles. The van der Waals surface area contributed by atoms with Gasteiger partial charge in [-0.1, -0.05) is 54.1 Å². The summed E-state index contributed by atoms with van der Waals surface area (Å²) in [7, 11) is 0. The van der Waals surface area contributed by atoms with E-state index in [4.69, 9.17) is 21.8 Å². The van der Waals surface area contributed by atoms with Gasteiger partial charge in [0, 0.05) is 68.0 Å². The molecule has 1 unspecified atom stereocenters. The van der Waals surface area contributed by atoms with E-state index in [2.05, 4.69) is 62.2 Å². The predicted octanol–water partition coefficient (Wildman–Crippen LogP) is 4.49. The lowest BCUT2D eigenvalue weighted by molar-refractivity contribution is -0.134. The molecule has 4 rings (SSSR count). The Morgan fingerprint density at radius 1 is 0.865 bits per heavy atom. The van der Waals surface area contributed by atoms with Crippen LogP contribution in [-0.2, 0) is 9.59 Å². The van der Waals surface area contributed by atoms with Crippen molar-refractivity contribution in [3.05, 3.63) is 101 Å². The minimum absolute atomic E-state index is 0.326. The highest BCUT2D eigenvalue weighted by molar-refractivity contribution is 7.99. The van der Waals surface area contributed by atoms with Crippen LogP contribution in [0.3, 0.4) is 0 Å². The molecule has 0 saturated carbocycles. The molecule has 0 aliphatic carbocycles. The predicted molar refractivity (Wildman–Crippen MR) is 147 cm³/mol. The normalized spacial score (nSPS) is 14.6. The number of halogens is 1. The van der Waals surface area contributed by atoms with Gasteiger partial charge in [0.1, 0.15) is 0 Å². The summed E-state index contributed by atoms with van der Waals surface area (Å²) in [5, 5.41) is 16.7. The fourth-order valence-corrected chi connectivity index (χ4v) is 5.14. The molecule has 2 heterocycles. The van der Waals surface area contributed by atoms with Gasteiger partial charge in [0.05, 0.1) is 5.25 Å². The molecule has 0 bridgehead atoms. The molecule has 3 aromatic rings. The van der Waals surface area contributed by atoms with Gasteiger partial charge in [-0.2, -0.15) is 0 Å².